The van der Waals surface area contributed by atoms with Gasteiger partial charge in [0.1, 0.15) is 0 Å². The van der Waals surface area contributed by atoms with E-state index in [1.54, 1.807) is 5.57 Å². The minimum absolute atomic E-state index is 0.852. The Kier molecular flexibility index (Phi) is 2.47. The van der Waals surface area contributed by atoms with E-state index in [0.717, 1.165) is 19.1 Å². The normalized spacial score (nSPS) is 25.6. The molecule has 2 heteroatoms. The quantitative estimate of drug-likeness (QED) is 0.629. The second-order valence-corrected chi connectivity index (χ2v) is 4.03. The first-order chi connectivity index (χ1) is 5.84. The van der Waals surface area contributed by atoms with E-state index in [1.165, 1.54) is 25.8 Å². The van der Waals surface area contributed by atoms with Crippen LogP contribution in [0.3, 0.4) is 0 Å². The van der Waals surface area contributed by atoms with E-state index in [4.69, 9.17) is 0 Å². The zero-order chi connectivity index (χ0) is 8.39. The lowest BCUT2D eigenvalue weighted by Crippen LogP contribution is -2.28. The predicted octanol–water partition coefficient (Wildman–Crippen LogP) is 1.00. The zero-order valence-electron chi connectivity index (χ0n) is 7.84. The van der Waals surface area contributed by atoms with E-state index in [2.05, 4.69) is 23.3 Å². The molecule has 0 bridgehead atoms. The Labute approximate surface area is 74.6 Å². The van der Waals surface area contributed by atoms with Crippen LogP contribution in [-0.2, 0) is 0 Å². The lowest BCUT2D eigenvalue weighted by molar-refractivity contribution is 0.356. The van der Waals surface area contributed by atoms with Gasteiger partial charge in [0.05, 0.1) is 0 Å². The minimum Gasteiger partial charge on any atom is -0.310 e. The molecule has 2 nitrogen and oxygen atoms in total. The molecule has 1 fully saturated rings. The van der Waals surface area contributed by atoms with Crippen LogP contribution in [0.1, 0.15) is 19.3 Å². The van der Waals surface area contributed by atoms with E-state index in [1.807, 2.05) is 0 Å². The number of nitrogens with one attached hydrogen (secondary N) is 1. The molecule has 2 rings (SSSR count). The number of nitrogens with zero attached hydrogens (tertiary/aromatic N) is 1. The molecule has 2 aliphatic rings. The van der Waals surface area contributed by atoms with Gasteiger partial charge in [-0.3, -0.25) is 0 Å². The predicted molar refractivity (Wildman–Crippen MR) is 51.2 cm³/mol. The highest BCUT2D eigenvalue weighted by atomic mass is 15.1. The Morgan fingerprint density at radius 1 is 1.58 bits per heavy atom. The molecule has 0 atom stereocenters. The molecule has 0 aromatic rings. The highest BCUT2D eigenvalue weighted by Gasteiger charge is 2.20. The SMILES string of the molecule is CN1CC=C(CNC2CC2)CC1. The molecule has 0 aromatic heterocycles. The van der Waals surface area contributed by atoms with Crippen molar-refractivity contribution in [2.75, 3.05) is 26.7 Å². The Bertz CT molecular complexity index is 182. The summed E-state index contributed by atoms with van der Waals surface area (Å²) in [5.41, 5.74) is 1.61. The van der Waals surface area contributed by atoms with Crippen molar-refractivity contribution in [3.8, 4) is 0 Å². The molecule has 0 unspecified atom stereocenters. The maximum Gasteiger partial charge on any atom is 0.0168 e. The standard InChI is InChI=1S/C10H18N2/c1-12-6-4-9(5-7-12)8-11-10-2-3-10/h4,10-11H,2-3,5-8H2,1H3. The Morgan fingerprint density at radius 2 is 2.42 bits per heavy atom. The molecule has 1 heterocycles. The second-order valence-electron chi connectivity index (χ2n) is 4.03. The summed E-state index contributed by atoms with van der Waals surface area (Å²) in [7, 11) is 2.18. The van der Waals surface area contributed by atoms with Gasteiger partial charge >= 0.3 is 0 Å². The summed E-state index contributed by atoms with van der Waals surface area (Å²) in [5, 5.41) is 3.55. The monoisotopic (exact) mass is 166 g/mol. The van der Waals surface area contributed by atoms with Gasteiger partial charge in [-0.05, 0) is 26.3 Å². The number of likely N-dealkylation sites (N-methyl/N-ethyl adjacent to an activating group) is 1. The van der Waals surface area contributed by atoms with E-state index in [-0.39, 0.29) is 0 Å². The largest absolute Gasteiger partial charge is 0.310 e. The van der Waals surface area contributed by atoms with Crippen molar-refractivity contribution in [1.82, 2.24) is 10.2 Å². The fraction of sp³-hybridized carbons (Fsp3) is 0.800. The third-order valence-electron chi connectivity index (χ3n) is 2.70. The molecule has 0 spiro atoms. The van der Waals surface area contributed by atoms with Crippen LogP contribution in [0.5, 0.6) is 0 Å². The smallest absolute Gasteiger partial charge is 0.0168 e. The highest BCUT2D eigenvalue weighted by molar-refractivity contribution is 5.09. The maximum absolute atomic E-state index is 3.55. The van der Waals surface area contributed by atoms with Crippen molar-refractivity contribution in [3.63, 3.8) is 0 Å². The summed E-state index contributed by atoms with van der Waals surface area (Å²) in [6, 6.07) is 0.852. The molecule has 0 amide bonds. The van der Waals surface area contributed by atoms with Gasteiger partial charge in [0.2, 0.25) is 0 Å². The van der Waals surface area contributed by atoms with Crippen molar-refractivity contribution >= 4 is 0 Å². The number of rotatable bonds is 3. The molecule has 0 radical (unpaired) electrons. The van der Waals surface area contributed by atoms with Gasteiger partial charge in [0.25, 0.3) is 0 Å². The van der Waals surface area contributed by atoms with Gasteiger partial charge in [0, 0.05) is 25.7 Å². The fourth-order valence-electron chi connectivity index (χ4n) is 1.54. The summed E-state index contributed by atoms with van der Waals surface area (Å²) in [6.45, 7) is 3.51. The molecule has 12 heavy (non-hydrogen) atoms. The first kappa shape index (κ1) is 8.27. The summed E-state index contributed by atoms with van der Waals surface area (Å²) < 4.78 is 0. The van der Waals surface area contributed by atoms with Crippen molar-refractivity contribution in [1.29, 1.82) is 0 Å². The molecule has 0 aromatic carbocycles. The molecule has 68 valence electrons. The summed E-state index contributed by atoms with van der Waals surface area (Å²) in [6.07, 6.45) is 6.43. The van der Waals surface area contributed by atoms with Gasteiger partial charge in [-0.1, -0.05) is 11.6 Å². The van der Waals surface area contributed by atoms with Crippen LogP contribution in [0.4, 0.5) is 0 Å². The van der Waals surface area contributed by atoms with Crippen LogP contribution in [0, 0.1) is 0 Å². The number of hydrogen-bond donors (Lipinski definition) is 1. The highest BCUT2D eigenvalue weighted by Crippen LogP contribution is 2.19. The Balaban J connectivity index is 1.72. The average Bonchev–Trinajstić information content (AvgIpc) is 2.87. The molecule has 0 saturated heterocycles. The first-order valence-electron chi connectivity index (χ1n) is 4.94. The Hall–Kier alpha value is -0.340. The molecular weight excluding hydrogens is 148 g/mol. The van der Waals surface area contributed by atoms with Crippen molar-refractivity contribution in [2.24, 2.45) is 0 Å². The van der Waals surface area contributed by atoms with Crippen LogP contribution >= 0.6 is 0 Å². The second kappa shape index (κ2) is 3.58. The van der Waals surface area contributed by atoms with Gasteiger partial charge in [0.15, 0.2) is 0 Å². The molecular formula is C10H18N2. The van der Waals surface area contributed by atoms with Crippen LogP contribution in [0.15, 0.2) is 11.6 Å². The number of hydrogen-bond acceptors (Lipinski definition) is 2. The van der Waals surface area contributed by atoms with Crippen molar-refractivity contribution < 1.29 is 0 Å². The van der Waals surface area contributed by atoms with E-state index in [0.29, 0.717) is 0 Å². The summed E-state index contributed by atoms with van der Waals surface area (Å²) in [5.74, 6) is 0. The van der Waals surface area contributed by atoms with Gasteiger partial charge in [-0.2, -0.15) is 0 Å². The van der Waals surface area contributed by atoms with E-state index >= 15 is 0 Å². The summed E-state index contributed by atoms with van der Waals surface area (Å²) in [4.78, 5) is 2.36. The molecule has 1 saturated carbocycles. The Morgan fingerprint density at radius 3 is 3.00 bits per heavy atom. The van der Waals surface area contributed by atoms with Crippen molar-refractivity contribution in [2.45, 2.75) is 25.3 Å². The van der Waals surface area contributed by atoms with Gasteiger partial charge in [-0.25, -0.2) is 0 Å². The van der Waals surface area contributed by atoms with Gasteiger partial charge < -0.3 is 10.2 Å². The lowest BCUT2D eigenvalue weighted by Gasteiger charge is -2.22. The van der Waals surface area contributed by atoms with E-state index in [9.17, 15) is 0 Å². The van der Waals surface area contributed by atoms with Crippen LogP contribution in [0.2, 0.25) is 0 Å². The average molecular weight is 166 g/mol. The molecule has 1 N–H and O–H groups in total. The third kappa shape index (κ3) is 2.32. The van der Waals surface area contributed by atoms with Gasteiger partial charge in [-0.15, -0.1) is 0 Å². The zero-order valence-corrected chi connectivity index (χ0v) is 7.84. The third-order valence-corrected chi connectivity index (χ3v) is 2.70. The van der Waals surface area contributed by atoms with Crippen LogP contribution < -0.4 is 5.32 Å². The van der Waals surface area contributed by atoms with Crippen LogP contribution in [0.25, 0.3) is 0 Å². The maximum atomic E-state index is 3.55. The topological polar surface area (TPSA) is 15.3 Å². The lowest BCUT2D eigenvalue weighted by atomic mass is 10.1. The fourth-order valence-corrected chi connectivity index (χ4v) is 1.54. The van der Waals surface area contributed by atoms with Crippen molar-refractivity contribution in [3.05, 3.63) is 11.6 Å². The summed E-state index contributed by atoms with van der Waals surface area (Å²) >= 11 is 0. The molecule has 1 aliphatic carbocycles. The minimum atomic E-state index is 0.852. The van der Waals surface area contributed by atoms with E-state index < -0.39 is 0 Å². The first-order valence-corrected chi connectivity index (χ1v) is 4.94. The van der Waals surface area contributed by atoms with Crippen LogP contribution in [-0.4, -0.2) is 37.6 Å². The molecule has 1 aliphatic heterocycles.